The Kier molecular flexibility index (Phi) is 9.22. The number of fused-ring (bicyclic) bond motifs is 1. The van der Waals surface area contributed by atoms with E-state index in [9.17, 15) is 18.0 Å². The van der Waals surface area contributed by atoms with E-state index < -0.39 is 28.5 Å². The van der Waals surface area contributed by atoms with Crippen molar-refractivity contribution in [2.75, 3.05) is 23.7 Å². The Labute approximate surface area is 236 Å². The van der Waals surface area contributed by atoms with E-state index in [-0.39, 0.29) is 18.9 Å². The molecule has 0 aliphatic rings. The standard InChI is InChI=1S/C32H35N3O4S/c1-4-33-32(37)30(21-25-11-6-5-7-12-25)34(22-26-19-17-24(2)18-20-26)31(36)23-35(40(3,38)39)29-16-10-14-27-13-8-9-15-28(27)29/h5-20,30H,4,21-23H2,1-3H3,(H,33,37)/t30-/m1/s1. The van der Waals surface area contributed by atoms with Crippen molar-refractivity contribution >= 4 is 38.3 Å². The van der Waals surface area contributed by atoms with E-state index in [0.717, 1.165) is 38.0 Å². The molecule has 0 bridgehead atoms. The molecule has 0 aliphatic carbocycles. The number of carbonyl (C=O) groups excluding carboxylic acids is 2. The summed E-state index contributed by atoms with van der Waals surface area (Å²) in [6, 6.07) is 29.2. The molecule has 4 rings (SSSR count). The molecular weight excluding hydrogens is 522 g/mol. The van der Waals surface area contributed by atoms with E-state index >= 15 is 0 Å². The molecule has 0 aromatic heterocycles. The number of rotatable bonds is 11. The number of sulfonamides is 1. The van der Waals surface area contributed by atoms with Crippen LogP contribution in [0.1, 0.15) is 23.6 Å². The van der Waals surface area contributed by atoms with Gasteiger partial charge < -0.3 is 10.2 Å². The molecule has 0 saturated carbocycles. The summed E-state index contributed by atoms with van der Waals surface area (Å²) in [5.41, 5.74) is 3.24. The van der Waals surface area contributed by atoms with Crippen LogP contribution in [0.5, 0.6) is 0 Å². The molecule has 0 radical (unpaired) electrons. The molecule has 0 spiro atoms. The maximum absolute atomic E-state index is 14.2. The van der Waals surface area contributed by atoms with E-state index in [1.807, 2.05) is 98.8 Å². The van der Waals surface area contributed by atoms with Crippen molar-refractivity contribution in [1.29, 1.82) is 0 Å². The fraction of sp³-hybridized carbons (Fsp3) is 0.250. The smallest absolute Gasteiger partial charge is 0.244 e. The average Bonchev–Trinajstić information content (AvgIpc) is 2.94. The zero-order valence-corrected chi connectivity index (χ0v) is 23.9. The lowest BCUT2D eigenvalue weighted by Crippen LogP contribution is -2.53. The van der Waals surface area contributed by atoms with Gasteiger partial charge in [0.15, 0.2) is 0 Å². The zero-order chi connectivity index (χ0) is 28.7. The molecule has 4 aromatic carbocycles. The molecule has 0 heterocycles. The molecule has 2 amide bonds. The topological polar surface area (TPSA) is 86.8 Å². The van der Waals surface area contributed by atoms with Crippen LogP contribution in [0.2, 0.25) is 0 Å². The van der Waals surface area contributed by atoms with Crippen molar-refractivity contribution in [1.82, 2.24) is 10.2 Å². The first-order valence-corrected chi connectivity index (χ1v) is 15.1. The lowest BCUT2D eigenvalue weighted by molar-refractivity contribution is -0.140. The third-order valence-electron chi connectivity index (χ3n) is 6.81. The summed E-state index contributed by atoms with van der Waals surface area (Å²) in [6.45, 7) is 3.93. The van der Waals surface area contributed by atoms with Gasteiger partial charge in [0.05, 0.1) is 11.9 Å². The molecule has 1 N–H and O–H groups in total. The van der Waals surface area contributed by atoms with Gasteiger partial charge in [-0.05, 0) is 36.4 Å². The fourth-order valence-electron chi connectivity index (χ4n) is 4.76. The van der Waals surface area contributed by atoms with Crippen LogP contribution < -0.4 is 9.62 Å². The van der Waals surface area contributed by atoms with E-state index in [1.54, 1.807) is 12.1 Å². The van der Waals surface area contributed by atoms with Crippen LogP contribution in [0.25, 0.3) is 10.8 Å². The summed E-state index contributed by atoms with van der Waals surface area (Å²) < 4.78 is 27.3. The van der Waals surface area contributed by atoms with Crippen LogP contribution in [0, 0.1) is 6.92 Å². The van der Waals surface area contributed by atoms with Crippen LogP contribution in [0.15, 0.2) is 97.1 Å². The molecule has 40 heavy (non-hydrogen) atoms. The Bertz CT molecular complexity index is 1570. The zero-order valence-electron chi connectivity index (χ0n) is 23.1. The van der Waals surface area contributed by atoms with Crippen molar-refractivity contribution in [2.24, 2.45) is 0 Å². The SMILES string of the molecule is CCNC(=O)[C@@H](Cc1ccccc1)N(Cc1ccc(C)cc1)C(=O)CN(c1cccc2ccccc12)S(C)(=O)=O. The molecule has 7 nitrogen and oxygen atoms in total. The second-order valence-electron chi connectivity index (χ2n) is 9.88. The number of benzene rings is 4. The minimum Gasteiger partial charge on any atom is -0.355 e. The summed E-state index contributed by atoms with van der Waals surface area (Å²) >= 11 is 0. The first-order chi connectivity index (χ1) is 19.2. The highest BCUT2D eigenvalue weighted by Crippen LogP contribution is 2.29. The number of likely N-dealkylation sites (N-methyl/N-ethyl adjacent to an activating group) is 1. The summed E-state index contributed by atoms with van der Waals surface area (Å²) in [5, 5.41) is 4.45. The molecule has 0 aliphatic heterocycles. The number of nitrogens with one attached hydrogen (secondary N) is 1. The maximum atomic E-state index is 14.2. The van der Waals surface area contributed by atoms with Crippen LogP contribution in [0.4, 0.5) is 5.69 Å². The number of hydrogen-bond acceptors (Lipinski definition) is 4. The lowest BCUT2D eigenvalue weighted by Gasteiger charge is -2.33. The van der Waals surface area contributed by atoms with E-state index in [4.69, 9.17) is 0 Å². The van der Waals surface area contributed by atoms with E-state index in [2.05, 4.69) is 5.32 Å². The van der Waals surface area contributed by atoms with Gasteiger partial charge in [-0.1, -0.05) is 96.6 Å². The predicted molar refractivity (Wildman–Crippen MR) is 160 cm³/mol. The largest absolute Gasteiger partial charge is 0.355 e. The normalized spacial score (nSPS) is 12.1. The Hall–Kier alpha value is -4.17. The van der Waals surface area contributed by atoms with Gasteiger partial charge in [0.1, 0.15) is 12.6 Å². The average molecular weight is 558 g/mol. The number of carbonyl (C=O) groups is 2. The maximum Gasteiger partial charge on any atom is 0.244 e. The van der Waals surface area contributed by atoms with Gasteiger partial charge >= 0.3 is 0 Å². The fourth-order valence-corrected chi connectivity index (χ4v) is 5.62. The molecule has 0 fully saturated rings. The summed E-state index contributed by atoms with van der Waals surface area (Å²) in [6.07, 6.45) is 1.38. The Morgan fingerprint density at radius 2 is 1.48 bits per heavy atom. The van der Waals surface area contributed by atoms with Gasteiger partial charge in [0.2, 0.25) is 21.8 Å². The van der Waals surface area contributed by atoms with Crippen LogP contribution in [0.3, 0.4) is 0 Å². The highest BCUT2D eigenvalue weighted by molar-refractivity contribution is 7.92. The van der Waals surface area contributed by atoms with Crippen molar-refractivity contribution in [3.63, 3.8) is 0 Å². The molecule has 4 aromatic rings. The quantitative estimate of drug-likeness (QED) is 0.290. The molecule has 0 saturated heterocycles. The first-order valence-electron chi connectivity index (χ1n) is 13.3. The van der Waals surface area contributed by atoms with Gasteiger partial charge in [-0.2, -0.15) is 0 Å². The second kappa shape index (κ2) is 12.8. The third kappa shape index (κ3) is 7.07. The van der Waals surface area contributed by atoms with E-state index in [1.165, 1.54) is 4.90 Å². The highest BCUT2D eigenvalue weighted by atomic mass is 32.2. The molecule has 0 unspecified atom stereocenters. The third-order valence-corrected chi connectivity index (χ3v) is 7.94. The minimum absolute atomic E-state index is 0.154. The van der Waals surface area contributed by atoms with Gasteiger partial charge in [0, 0.05) is 24.9 Å². The van der Waals surface area contributed by atoms with Crippen molar-refractivity contribution in [3.05, 3.63) is 114 Å². The Morgan fingerprint density at radius 3 is 2.15 bits per heavy atom. The van der Waals surface area contributed by atoms with Crippen molar-refractivity contribution < 1.29 is 18.0 Å². The Morgan fingerprint density at radius 1 is 0.825 bits per heavy atom. The summed E-state index contributed by atoms with van der Waals surface area (Å²) in [7, 11) is -3.85. The highest BCUT2D eigenvalue weighted by Gasteiger charge is 2.33. The number of amides is 2. The van der Waals surface area contributed by atoms with Crippen LogP contribution >= 0.6 is 0 Å². The first kappa shape index (κ1) is 28.8. The second-order valence-corrected chi connectivity index (χ2v) is 11.8. The molecular formula is C32H35N3O4S. The van der Waals surface area contributed by atoms with Crippen molar-refractivity contribution in [2.45, 2.75) is 32.9 Å². The molecule has 1 atom stereocenters. The number of nitrogens with zero attached hydrogens (tertiary/aromatic N) is 2. The van der Waals surface area contributed by atoms with Crippen LogP contribution in [-0.4, -0.2) is 50.5 Å². The van der Waals surface area contributed by atoms with Gasteiger partial charge in [-0.25, -0.2) is 8.42 Å². The van der Waals surface area contributed by atoms with Gasteiger partial charge in [0.25, 0.3) is 0 Å². The van der Waals surface area contributed by atoms with E-state index in [0.29, 0.717) is 12.2 Å². The summed E-state index contributed by atoms with van der Waals surface area (Å²) in [4.78, 5) is 29.1. The minimum atomic E-state index is -3.85. The van der Waals surface area contributed by atoms with Crippen molar-refractivity contribution in [3.8, 4) is 0 Å². The number of aryl methyl sites for hydroxylation is 1. The monoisotopic (exact) mass is 557 g/mol. The van der Waals surface area contributed by atoms with Gasteiger partial charge in [-0.15, -0.1) is 0 Å². The predicted octanol–water partition coefficient (Wildman–Crippen LogP) is 4.69. The number of hydrogen-bond donors (Lipinski definition) is 1. The summed E-state index contributed by atoms with van der Waals surface area (Å²) in [5.74, 6) is -0.756. The molecule has 208 valence electrons. The number of anilines is 1. The van der Waals surface area contributed by atoms with Gasteiger partial charge in [-0.3, -0.25) is 13.9 Å². The molecule has 8 heteroatoms. The van der Waals surface area contributed by atoms with Crippen LogP contribution in [-0.2, 0) is 32.6 Å². The lowest BCUT2D eigenvalue weighted by atomic mass is 10.0. The Balaban J connectivity index is 1.77.